The van der Waals surface area contributed by atoms with Crippen molar-refractivity contribution in [3.63, 3.8) is 0 Å². The molecular weight excluding hydrogens is 675 g/mol. The lowest BCUT2D eigenvalue weighted by Crippen LogP contribution is -2.47. The number of nitrogens with zero attached hydrogens (tertiary/aromatic N) is 4. The number of anilines is 1. The normalized spacial score (nSPS) is 17.9. The van der Waals surface area contributed by atoms with E-state index in [2.05, 4.69) is 50.7 Å². The van der Waals surface area contributed by atoms with Crippen molar-refractivity contribution in [2.45, 2.75) is 56.1 Å². The number of aliphatic hydroxyl groups excluding tert-OH is 1. The standard InChI is InChI=1S/C37H45N5O6S2/c1-24-37(49-26(3)39-24)50(45,46)38-18-10-15-30(28-16-17-32(47-4)33(23-28)48-5)42-35(43)29-13-9-14-31(34(29)36(42)44)41-21-19-40(20-22-41)25(2)27-11-7-6-8-12-27/h6-9,11-14,16-17,23,25,30,36,38,44H,10,15,18-22H2,1-5H3/t25-,30-,36?/m1/s1. The van der Waals surface area contributed by atoms with Gasteiger partial charge in [0.2, 0.25) is 0 Å². The summed E-state index contributed by atoms with van der Waals surface area (Å²) >= 11 is 1.14. The fourth-order valence-electron chi connectivity index (χ4n) is 7.14. The lowest BCUT2D eigenvalue weighted by atomic mass is 9.99. The lowest BCUT2D eigenvalue weighted by Gasteiger charge is -2.40. The van der Waals surface area contributed by atoms with E-state index in [9.17, 15) is 18.3 Å². The Morgan fingerprint density at radius 2 is 1.68 bits per heavy atom. The molecular formula is C37H45N5O6S2. The van der Waals surface area contributed by atoms with Crippen LogP contribution in [0.1, 0.15) is 75.8 Å². The number of rotatable bonds is 13. The maximum absolute atomic E-state index is 14.2. The SMILES string of the molecule is COc1ccc([C@@H](CCCNS(=O)(=O)c2sc(C)nc2C)N2C(=O)c3cccc(N4CCN([C@H](C)c5ccccc5)CC4)c3C2O)cc1OC. The zero-order valence-corrected chi connectivity index (χ0v) is 30.8. The van der Waals surface area contributed by atoms with Crippen molar-refractivity contribution in [2.24, 2.45) is 0 Å². The minimum absolute atomic E-state index is 0.143. The molecule has 2 aliphatic rings. The maximum Gasteiger partial charge on any atom is 0.257 e. The van der Waals surface area contributed by atoms with Crippen LogP contribution >= 0.6 is 11.3 Å². The summed E-state index contributed by atoms with van der Waals surface area (Å²) in [7, 11) is -0.644. The monoisotopic (exact) mass is 719 g/mol. The number of fused-ring (bicyclic) bond motifs is 1. The molecule has 3 aromatic carbocycles. The number of nitrogens with one attached hydrogen (secondary N) is 1. The van der Waals surface area contributed by atoms with E-state index in [-0.39, 0.29) is 22.7 Å². The number of thiazole rings is 1. The number of sulfonamides is 1. The van der Waals surface area contributed by atoms with Gasteiger partial charge in [0, 0.05) is 55.6 Å². The Morgan fingerprint density at radius 1 is 0.960 bits per heavy atom. The zero-order valence-electron chi connectivity index (χ0n) is 29.1. The van der Waals surface area contributed by atoms with Gasteiger partial charge in [0.15, 0.2) is 21.9 Å². The molecule has 50 heavy (non-hydrogen) atoms. The third-order valence-electron chi connectivity index (χ3n) is 9.73. The van der Waals surface area contributed by atoms with Crippen LogP contribution < -0.4 is 19.1 Å². The number of piperazine rings is 1. The lowest BCUT2D eigenvalue weighted by molar-refractivity contribution is -0.00596. The summed E-state index contributed by atoms with van der Waals surface area (Å²) < 4.78 is 40.1. The minimum atomic E-state index is -3.75. The molecule has 0 saturated carbocycles. The maximum atomic E-state index is 14.2. The molecule has 11 nitrogen and oxygen atoms in total. The first-order valence-electron chi connectivity index (χ1n) is 16.9. The Kier molecular flexibility index (Phi) is 10.8. The second-order valence-electron chi connectivity index (χ2n) is 12.7. The second-order valence-corrected chi connectivity index (χ2v) is 15.9. The predicted molar refractivity (Wildman–Crippen MR) is 195 cm³/mol. The number of aliphatic hydroxyl groups is 1. The number of hydrogen-bond acceptors (Lipinski definition) is 10. The molecule has 266 valence electrons. The fourth-order valence-corrected chi connectivity index (χ4v) is 9.74. The van der Waals surface area contributed by atoms with Gasteiger partial charge >= 0.3 is 0 Å². The molecule has 0 spiro atoms. The first kappa shape index (κ1) is 35.8. The first-order chi connectivity index (χ1) is 24.0. The summed E-state index contributed by atoms with van der Waals surface area (Å²) in [4.78, 5) is 24.7. The van der Waals surface area contributed by atoms with E-state index in [0.29, 0.717) is 46.2 Å². The van der Waals surface area contributed by atoms with Gasteiger partial charge in [-0.15, -0.1) is 11.3 Å². The average molecular weight is 720 g/mol. The molecule has 13 heteroatoms. The van der Waals surface area contributed by atoms with E-state index in [1.165, 1.54) is 10.5 Å². The summed E-state index contributed by atoms with van der Waals surface area (Å²) in [6, 6.07) is 21.3. The van der Waals surface area contributed by atoms with Crippen molar-refractivity contribution < 1.29 is 27.8 Å². The number of methoxy groups -OCH3 is 2. The van der Waals surface area contributed by atoms with Crippen LogP contribution in [0.3, 0.4) is 0 Å². The predicted octanol–water partition coefficient (Wildman–Crippen LogP) is 5.61. The Morgan fingerprint density at radius 3 is 2.34 bits per heavy atom. The van der Waals surface area contributed by atoms with Crippen LogP contribution in [-0.4, -0.2) is 81.2 Å². The quantitative estimate of drug-likeness (QED) is 0.170. The van der Waals surface area contributed by atoms with Crippen molar-refractivity contribution >= 4 is 33.0 Å². The number of hydrogen-bond donors (Lipinski definition) is 2. The highest BCUT2D eigenvalue weighted by molar-refractivity contribution is 7.91. The molecule has 1 amide bonds. The summed E-state index contributed by atoms with van der Waals surface area (Å²) in [5, 5.41) is 12.7. The number of aryl methyl sites for hydroxylation is 2. The molecule has 0 radical (unpaired) electrons. The van der Waals surface area contributed by atoms with Crippen LogP contribution in [0, 0.1) is 13.8 Å². The molecule has 2 aliphatic heterocycles. The van der Waals surface area contributed by atoms with E-state index in [4.69, 9.17) is 9.47 Å². The Bertz CT molecular complexity index is 1930. The van der Waals surface area contributed by atoms with Crippen LogP contribution in [0.4, 0.5) is 5.69 Å². The number of amides is 1. The highest BCUT2D eigenvalue weighted by atomic mass is 32.2. The van der Waals surface area contributed by atoms with E-state index in [1.54, 1.807) is 40.2 Å². The molecule has 3 atom stereocenters. The van der Waals surface area contributed by atoms with Gasteiger partial charge in [-0.1, -0.05) is 42.5 Å². The summed E-state index contributed by atoms with van der Waals surface area (Å²) in [6.07, 6.45) is -0.426. The molecule has 3 heterocycles. The van der Waals surface area contributed by atoms with Crippen molar-refractivity contribution in [2.75, 3.05) is 51.8 Å². The molecule has 1 aromatic heterocycles. The van der Waals surface area contributed by atoms with Crippen LogP contribution in [0.25, 0.3) is 0 Å². The zero-order chi connectivity index (χ0) is 35.6. The van der Waals surface area contributed by atoms with Crippen molar-refractivity contribution in [1.29, 1.82) is 0 Å². The van der Waals surface area contributed by atoms with Gasteiger partial charge < -0.3 is 24.4 Å². The molecule has 0 bridgehead atoms. The fraction of sp³-hybridized carbons (Fsp3) is 0.405. The van der Waals surface area contributed by atoms with E-state index in [0.717, 1.165) is 48.8 Å². The van der Waals surface area contributed by atoms with Gasteiger partial charge in [0.1, 0.15) is 0 Å². The van der Waals surface area contributed by atoms with Gasteiger partial charge in [-0.05, 0) is 69.0 Å². The first-order valence-corrected chi connectivity index (χ1v) is 19.2. The Hall–Kier alpha value is -4.01. The highest BCUT2D eigenvalue weighted by Crippen LogP contribution is 2.45. The van der Waals surface area contributed by atoms with Gasteiger partial charge in [0.25, 0.3) is 15.9 Å². The molecule has 4 aromatic rings. The molecule has 1 fully saturated rings. The van der Waals surface area contributed by atoms with E-state index >= 15 is 0 Å². The van der Waals surface area contributed by atoms with Gasteiger partial charge in [-0.25, -0.2) is 18.1 Å². The third-order valence-corrected chi connectivity index (χ3v) is 12.9. The molecule has 1 saturated heterocycles. The number of ether oxygens (including phenoxy) is 2. The summed E-state index contributed by atoms with van der Waals surface area (Å²) in [5.74, 6) is 0.757. The third kappa shape index (κ3) is 7.10. The van der Waals surface area contributed by atoms with Crippen LogP contribution in [0.15, 0.2) is 70.9 Å². The van der Waals surface area contributed by atoms with Gasteiger partial charge in [-0.3, -0.25) is 9.69 Å². The number of carbonyl (C=O) groups excluding carboxylic acids is 1. The molecule has 1 unspecified atom stereocenters. The average Bonchev–Trinajstić information content (AvgIpc) is 3.62. The van der Waals surface area contributed by atoms with Gasteiger partial charge in [-0.2, -0.15) is 0 Å². The van der Waals surface area contributed by atoms with Crippen molar-refractivity contribution in [1.82, 2.24) is 19.5 Å². The number of aromatic nitrogens is 1. The molecule has 6 rings (SSSR count). The van der Waals surface area contributed by atoms with Gasteiger partial charge in [0.05, 0.1) is 31.0 Å². The number of carbonyl (C=O) groups is 1. The van der Waals surface area contributed by atoms with E-state index in [1.807, 2.05) is 30.3 Å². The summed E-state index contributed by atoms with van der Waals surface area (Å²) in [6.45, 7) is 9.04. The Labute approximate surface area is 298 Å². The highest BCUT2D eigenvalue weighted by Gasteiger charge is 2.43. The molecule has 0 aliphatic carbocycles. The topological polar surface area (TPSA) is 125 Å². The second kappa shape index (κ2) is 15.1. The van der Waals surface area contributed by atoms with E-state index < -0.39 is 22.3 Å². The van der Waals surface area contributed by atoms with Crippen LogP contribution in [0.5, 0.6) is 11.5 Å². The number of benzene rings is 3. The Balaban J connectivity index is 1.23. The smallest absolute Gasteiger partial charge is 0.257 e. The minimum Gasteiger partial charge on any atom is -0.493 e. The van der Waals surface area contributed by atoms with Crippen LogP contribution in [-0.2, 0) is 10.0 Å². The van der Waals surface area contributed by atoms with Crippen molar-refractivity contribution in [3.8, 4) is 11.5 Å². The van der Waals surface area contributed by atoms with Crippen LogP contribution in [0.2, 0.25) is 0 Å². The van der Waals surface area contributed by atoms with Crippen molar-refractivity contribution in [3.05, 3.63) is 99.7 Å². The largest absolute Gasteiger partial charge is 0.493 e. The summed E-state index contributed by atoms with van der Waals surface area (Å²) in [5.41, 5.74) is 4.41. The molecule has 2 N–H and O–H groups in total.